The minimum atomic E-state index is -0.241. The molecule has 6 heteroatoms. The number of hydrazone groups is 1. The van der Waals surface area contributed by atoms with Crippen LogP contribution >= 0.6 is 11.8 Å². The van der Waals surface area contributed by atoms with Crippen LogP contribution in [0.5, 0.6) is 11.5 Å². The van der Waals surface area contributed by atoms with Gasteiger partial charge in [-0.05, 0) is 51.1 Å². The van der Waals surface area contributed by atoms with E-state index in [0.717, 1.165) is 16.2 Å². The molecule has 1 aliphatic heterocycles. The maximum absolute atomic E-state index is 12.3. The van der Waals surface area contributed by atoms with E-state index in [-0.39, 0.29) is 11.2 Å². The molecular weight excluding hydrogens is 348 g/mol. The Labute approximate surface area is 157 Å². The predicted octanol–water partition coefficient (Wildman–Crippen LogP) is 3.79. The first kappa shape index (κ1) is 18.3. The lowest BCUT2D eigenvalue weighted by Crippen LogP contribution is -2.27. The zero-order valence-electron chi connectivity index (χ0n) is 15.1. The van der Waals surface area contributed by atoms with Crippen LogP contribution in [0.1, 0.15) is 25.0 Å². The average Bonchev–Trinajstić information content (AvgIpc) is 2.67. The highest BCUT2D eigenvalue weighted by atomic mass is 32.2. The number of hydrogen-bond donors (Lipinski definition) is 1. The molecule has 0 radical (unpaired) electrons. The molecule has 0 fully saturated rings. The monoisotopic (exact) mass is 370 g/mol. The molecule has 136 valence electrons. The minimum Gasteiger partial charge on any atom is -0.486 e. The summed E-state index contributed by atoms with van der Waals surface area (Å²) >= 11 is 1.51. The fraction of sp³-hybridized carbons (Fsp3) is 0.300. The van der Waals surface area contributed by atoms with Gasteiger partial charge in [-0.15, -0.1) is 11.8 Å². The summed E-state index contributed by atoms with van der Waals surface area (Å²) in [5, 5.41) is 3.99. The molecule has 1 aliphatic rings. The van der Waals surface area contributed by atoms with Gasteiger partial charge in [-0.2, -0.15) is 5.10 Å². The summed E-state index contributed by atoms with van der Waals surface area (Å²) in [4.78, 5) is 13.4. The number of thioether (sulfide) groups is 1. The van der Waals surface area contributed by atoms with E-state index in [1.807, 2.05) is 63.2 Å². The lowest BCUT2D eigenvalue weighted by atomic mass is 10.1. The smallest absolute Gasteiger partial charge is 0.253 e. The van der Waals surface area contributed by atoms with E-state index in [1.54, 1.807) is 0 Å². The van der Waals surface area contributed by atoms with Crippen LogP contribution < -0.4 is 14.9 Å². The van der Waals surface area contributed by atoms with E-state index in [9.17, 15) is 4.79 Å². The maximum atomic E-state index is 12.3. The normalized spacial score (nSPS) is 14.7. The molecule has 3 rings (SSSR count). The summed E-state index contributed by atoms with van der Waals surface area (Å²) in [6.45, 7) is 6.86. The minimum absolute atomic E-state index is 0.132. The number of nitrogens with zero attached hydrogens (tertiary/aromatic N) is 1. The van der Waals surface area contributed by atoms with Gasteiger partial charge in [-0.3, -0.25) is 4.79 Å². The zero-order chi connectivity index (χ0) is 18.5. The van der Waals surface area contributed by atoms with Crippen molar-refractivity contribution in [3.63, 3.8) is 0 Å². The molecule has 1 atom stereocenters. The fourth-order valence-corrected chi connectivity index (χ4v) is 3.30. The van der Waals surface area contributed by atoms with Crippen LogP contribution in [0, 0.1) is 6.92 Å². The molecule has 0 aliphatic carbocycles. The molecule has 26 heavy (non-hydrogen) atoms. The van der Waals surface area contributed by atoms with Crippen LogP contribution in [0.3, 0.4) is 0 Å². The number of hydrogen-bond acceptors (Lipinski definition) is 5. The molecule has 2 aromatic carbocycles. The van der Waals surface area contributed by atoms with Crippen LogP contribution in [0.25, 0.3) is 0 Å². The summed E-state index contributed by atoms with van der Waals surface area (Å²) in [6.07, 6.45) is 0. The summed E-state index contributed by atoms with van der Waals surface area (Å²) in [6, 6.07) is 13.8. The number of rotatable bonds is 5. The van der Waals surface area contributed by atoms with E-state index in [2.05, 4.69) is 10.5 Å². The van der Waals surface area contributed by atoms with E-state index in [0.29, 0.717) is 24.7 Å². The predicted molar refractivity (Wildman–Crippen MR) is 104 cm³/mol. The van der Waals surface area contributed by atoms with Crippen LogP contribution in [-0.2, 0) is 4.79 Å². The molecule has 1 N–H and O–H groups in total. The largest absolute Gasteiger partial charge is 0.486 e. The highest BCUT2D eigenvalue weighted by Crippen LogP contribution is 2.31. The van der Waals surface area contributed by atoms with E-state index >= 15 is 0 Å². The van der Waals surface area contributed by atoms with Crippen molar-refractivity contribution in [2.45, 2.75) is 30.9 Å². The van der Waals surface area contributed by atoms with Crippen molar-refractivity contribution >= 4 is 23.4 Å². The van der Waals surface area contributed by atoms with Gasteiger partial charge < -0.3 is 9.47 Å². The molecule has 2 aromatic rings. The maximum Gasteiger partial charge on any atom is 0.253 e. The third-order valence-electron chi connectivity index (χ3n) is 4.00. The molecule has 0 unspecified atom stereocenters. The first-order valence-corrected chi connectivity index (χ1v) is 9.38. The SMILES string of the molecule is C/C(=N/NC(=O)[C@H](C)Sc1ccc(C)cc1)c1ccc2c(c1)OCCO2. The van der Waals surface area contributed by atoms with Gasteiger partial charge >= 0.3 is 0 Å². The van der Waals surface area contributed by atoms with Gasteiger partial charge in [0.25, 0.3) is 5.91 Å². The summed E-state index contributed by atoms with van der Waals surface area (Å²) in [7, 11) is 0. The van der Waals surface area contributed by atoms with Crippen LogP contribution in [0.15, 0.2) is 52.5 Å². The van der Waals surface area contributed by atoms with Crippen molar-refractivity contribution in [3.8, 4) is 11.5 Å². The lowest BCUT2D eigenvalue weighted by molar-refractivity contribution is -0.120. The Kier molecular flexibility index (Phi) is 5.83. The summed E-state index contributed by atoms with van der Waals surface area (Å²) in [5.41, 5.74) is 5.44. The second-order valence-corrected chi connectivity index (χ2v) is 7.52. The molecule has 5 nitrogen and oxygen atoms in total. The van der Waals surface area contributed by atoms with Crippen molar-refractivity contribution in [1.29, 1.82) is 0 Å². The van der Waals surface area contributed by atoms with Crippen LogP contribution in [0.4, 0.5) is 0 Å². The van der Waals surface area contributed by atoms with Gasteiger partial charge in [-0.25, -0.2) is 5.43 Å². The van der Waals surface area contributed by atoms with Crippen LogP contribution in [0.2, 0.25) is 0 Å². The van der Waals surface area contributed by atoms with E-state index in [4.69, 9.17) is 9.47 Å². The van der Waals surface area contributed by atoms with Gasteiger partial charge in [0, 0.05) is 10.5 Å². The van der Waals surface area contributed by atoms with Gasteiger partial charge in [-0.1, -0.05) is 17.7 Å². The lowest BCUT2D eigenvalue weighted by Gasteiger charge is -2.18. The third-order valence-corrected chi connectivity index (χ3v) is 5.11. The third kappa shape index (κ3) is 4.58. The fourth-order valence-electron chi connectivity index (χ4n) is 2.44. The second-order valence-electron chi connectivity index (χ2n) is 6.10. The average molecular weight is 370 g/mol. The second kappa shape index (κ2) is 8.27. The Morgan fingerprint density at radius 3 is 2.54 bits per heavy atom. The first-order valence-electron chi connectivity index (χ1n) is 8.50. The number of aryl methyl sites for hydroxylation is 1. The van der Waals surface area contributed by atoms with Crippen molar-refractivity contribution < 1.29 is 14.3 Å². The topological polar surface area (TPSA) is 59.9 Å². The molecule has 0 saturated heterocycles. The Balaban J connectivity index is 1.60. The number of amides is 1. The van der Waals surface area contributed by atoms with Gasteiger partial charge in [0.1, 0.15) is 13.2 Å². The molecule has 1 heterocycles. The van der Waals surface area contributed by atoms with Crippen LogP contribution in [-0.4, -0.2) is 30.1 Å². The Hall–Kier alpha value is -2.47. The standard InChI is InChI=1S/C20H22N2O3S/c1-13-4-7-17(8-5-13)26-15(3)20(23)22-21-14(2)16-6-9-18-19(12-16)25-11-10-24-18/h4-9,12,15H,10-11H2,1-3H3,(H,22,23)/b21-14-/t15-/m0/s1. The molecular formula is C20H22N2O3S. The number of fused-ring (bicyclic) bond motifs is 1. The summed E-state index contributed by atoms with van der Waals surface area (Å²) in [5.74, 6) is 1.31. The van der Waals surface area contributed by atoms with Crippen molar-refractivity contribution in [3.05, 3.63) is 53.6 Å². The molecule has 1 amide bonds. The highest BCUT2D eigenvalue weighted by molar-refractivity contribution is 8.00. The van der Waals surface area contributed by atoms with Crippen molar-refractivity contribution in [2.75, 3.05) is 13.2 Å². The highest BCUT2D eigenvalue weighted by Gasteiger charge is 2.15. The summed E-state index contributed by atoms with van der Waals surface area (Å²) < 4.78 is 11.1. The zero-order valence-corrected chi connectivity index (χ0v) is 15.9. The Morgan fingerprint density at radius 1 is 1.12 bits per heavy atom. The quantitative estimate of drug-likeness (QED) is 0.494. The van der Waals surface area contributed by atoms with Gasteiger partial charge in [0.2, 0.25) is 0 Å². The number of carbonyl (C=O) groups excluding carboxylic acids is 1. The van der Waals surface area contributed by atoms with Gasteiger partial charge in [0.15, 0.2) is 11.5 Å². The van der Waals surface area contributed by atoms with Gasteiger partial charge in [0.05, 0.1) is 11.0 Å². The Bertz CT molecular complexity index is 818. The van der Waals surface area contributed by atoms with E-state index < -0.39 is 0 Å². The van der Waals surface area contributed by atoms with E-state index in [1.165, 1.54) is 17.3 Å². The Morgan fingerprint density at radius 2 is 1.81 bits per heavy atom. The number of carbonyl (C=O) groups is 1. The molecule has 0 aromatic heterocycles. The first-order chi connectivity index (χ1) is 12.5. The van der Waals surface area contributed by atoms with Crippen molar-refractivity contribution in [1.82, 2.24) is 5.43 Å². The number of benzene rings is 2. The van der Waals surface area contributed by atoms with Crippen molar-refractivity contribution in [2.24, 2.45) is 5.10 Å². The molecule has 0 bridgehead atoms. The molecule has 0 saturated carbocycles. The number of ether oxygens (including phenoxy) is 2. The molecule has 0 spiro atoms. The number of nitrogens with one attached hydrogen (secondary N) is 1.